The average Bonchev–Trinajstić information content (AvgIpc) is 2.96. The topological polar surface area (TPSA) is 194 Å². The molecule has 45 heavy (non-hydrogen) atoms. The highest BCUT2D eigenvalue weighted by atomic mass is 127. The van der Waals surface area contributed by atoms with E-state index in [9.17, 15) is 0 Å². The minimum atomic E-state index is -4.94. The molecule has 0 aromatic heterocycles. The molecule has 0 aliphatic carbocycles. The van der Waals surface area contributed by atoms with Crippen molar-refractivity contribution in [3.63, 3.8) is 0 Å². The molecular weight excluding hydrogens is 758 g/mol. The van der Waals surface area contributed by atoms with Crippen molar-refractivity contribution in [3.05, 3.63) is 146 Å². The summed E-state index contributed by atoms with van der Waals surface area (Å²) in [5.41, 5.74) is 2.63. The molecule has 0 aliphatic heterocycles. The van der Waals surface area contributed by atoms with Gasteiger partial charge in [0.25, 0.3) is 0 Å². The number of rotatable bonds is 7. The number of benzene rings is 5. The molecule has 0 saturated heterocycles. The molecule has 0 N–H and O–H groups in total. The molecule has 0 spiro atoms. The Morgan fingerprint density at radius 2 is 0.822 bits per heavy atom. The van der Waals surface area contributed by atoms with Crippen molar-refractivity contribution in [2.24, 2.45) is 0 Å². The highest BCUT2D eigenvalue weighted by molar-refractivity contribution is 7.97. The molecule has 0 saturated carbocycles. The highest BCUT2D eigenvalue weighted by Crippen LogP contribution is 2.35. The standard InChI is InChI=1S/C32H27IOS.2ClHO4/c1-24-10-6-8-14-31(24)35(32-15-9-7-11-25(32)2)30-22-20-29(21-23-30)34-28-18-16-27(17-19-28)33-26-12-4-3-5-13-26;2*2-1(3,4)5/h3-23H,1-2H3;2*(H,2,3,4,5)/q+2;;/p-2. The normalized spacial score (nSPS) is 11.2. The van der Waals surface area contributed by atoms with E-state index in [1.165, 1.54) is 33.0 Å². The van der Waals surface area contributed by atoms with Crippen LogP contribution in [0.5, 0.6) is 11.5 Å². The fourth-order valence-electron chi connectivity index (χ4n) is 3.89. The van der Waals surface area contributed by atoms with Crippen LogP contribution in [0.2, 0.25) is 0 Å². The van der Waals surface area contributed by atoms with Crippen LogP contribution in [-0.2, 0) is 10.9 Å². The van der Waals surface area contributed by atoms with Crippen LogP contribution < -0.4 is 63.2 Å². The van der Waals surface area contributed by atoms with Gasteiger partial charge in [-0.2, -0.15) is 0 Å². The summed E-state index contributed by atoms with van der Waals surface area (Å²) in [7, 11) is -10.1. The monoisotopic (exact) mass is 784 g/mol. The molecule has 0 unspecified atom stereocenters. The molecule has 0 radical (unpaired) electrons. The van der Waals surface area contributed by atoms with E-state index in [-0.39, 0.29) is 32.1 Å². The number of ether oxygens (including phenoxy) is 1. The SMILES string of the molecule is Cc1ccccc1[S+](c1ccc(Oc2ccc([I+]c3ccccc3)cc2)cc1)c1ccccc1C.[O-][Cl+3]([O-])([O-])[O-].[O-][Cl+3]([O-])([O-])[O-]. The van der Waals surface area contributed by atoms with Gasteiger partial charge >= 0.3 is 21.2 Å². The molecule has 5 rings (SSSR count). The molecule has 0 heterocycles. The summed E-state index contributed by atoms with van der Waals surface area (Å²) in [6.07, 6.45) is 0. The Balaban J connectivity index is 0.000000482. The predicted molar refractivity (Wildman–Crippen MR) is 141 cm³/mol. The molecule has 0 amide bonds. The zero-order valence-electron chi connectivity index (χ0n) is 23.8. The molecular formula is C32H27Cl2IO9S. The molecule has 236 valence electrons. The second kappa shape index (κ2) is 17.2. The van der Waals surface area contributed by atoms with Gasteiger partial charge in [0.15, 0.2) is 21.8 Å². The predicted octanol–water partition coefficient (Wildman–Crippen LogP) is -4.19. The Labute approximate surface area is 278 Å². The smallest absolute Gasteiger partial charge is 0.357 e. The van der Waals surface area contributed by atoms with E-state index in [1.807, 2.05) is 0 Å². The van der Waals surface area contributed by atoms with Gasteiger partial charge in [-0.25, -0.2) is 37.3 Å². The van der Waals surface area contributed by atoms with Crippen LogP contribution >= 0.6 is 0 Å². The van der Waals surface area contributed by atoms with Crippen molar-refractivity contribution in [2.45, 2.75) is 28.5 Å². The van der Waals surface area contributed by atoms with Crippen LogP contribution in [-0.4, -0.2) is 0 Å². The maximum Gasteiger partial charge on any atom is 0.357 e. The lowest BCUT2D eigenvalue weighted by atomic mass is 10.2. The van der Waals surface area contributed by atoms with E-state index in [4.69, 9.17) is 42.0 Å². The quantitative estimate of drug-likeness (QED) is 0.116. The fraction of sp³-hybridized carbons (Fsp3) is 0.0625. The van der Waals surface area contributed by atoms with Crippen LogP contribution in [0.25, 0.3) is 0 Å². The summed E-state index contributed by atoms with van der Waals surface area (Å²) in [4.78, 5) is 4.03. The van der Waals surface area contributed by atoms with Crippen LogP contribution in [0.1, 0.15) is 11.1 Å². The summed E-state index contributed by atoms with van der Waals surface area (Å²) in [5, 5.41) is 0. The van der Waals surface area contributed by atoms with Gasteiger partial charge in [-0.05, 0) is 86.6 Å². The maximum atomic E-state index is 8.49. The Kier molecular flexibility index (Phi) is 14.1. The van der Waals surface area contributed by atoms with Gasteiger partial charge in [-0.15, -0.1) is 20.5 Å². The van der Waals surface area contributed by atoms with Crippen molar-refractivity contribution in [3.8, 4) is 11.5 Å². The summed E-state index contributed by atoms with van der Waals surface area (Å²) in [6, 6.07) is 45.3. The van der Waals surface area contributed by atoms with Crippen molar-refractivity contribution in [2.75, 3.05) is 0 Å². The second-order valence-corrected chi connectivity index (χ2v) is 15.5. The van der Waals surface area contributed by atoms with E-state index < -0.39 is 20.5 Å². The van der Waals surface area contributed by atoms with Crippen LogP contribution in [0.15, 0.2) is 142 Å². The number of hydrogen-bond donors (Lipinski definition) is 0. The van der Waals surface area contributed by atoms with Gasteiger partial charge in [-0.1, -0.05) is 54.6 Å². The van der Waals surface area contributed by atoms with Crippen molar-refractivity contribution in [1.29, 1.82) is 0 Å². The maximum absolute atomic E-state index is 8.49. The van der Waals surface area contributed by atoms with Crippen molar-refractivity contribution < 1.29 is 83.7 Å². The van der Waals surface area contributed by atoms with Gasteiger partial charge in [-0.3, -0.25) is 0 Å². The van der Waals surface area contributed by atoms with Gasteiger partial charge in [0.05, 0.1) is 10.9 Å². The van der Waals surface area contributed by atoms with E-state index in [0.29, 0.717) is 0 Å². The van der Waals surface area contributed by atoms with Crippen LogP contribution in [0.3, 0.4) is 0 Å². The summed E-state index contributed by atoms with van der Waals surface area (Å²) in [5.74, 6) is 1.73. The summed E-state index contributed by atoms with van der Waals surface area (Å²) < 4.78 is 76.9. The minimum Gasteiger partial charge on any atom is -0.457 e. The van der Waals surface area contributed by atoms with Gasteiger partial charge < -0.3 is 4.74 Å². The first-order valence-electron chi connectivity index (χ1n) is 12.8. The molecule has 0 atom stereocenters. The Hall–Kier alpha value is -2.76. The zero-order valence-corrected chi connectivity index (χ0v) is 28.3. The van der Waals surface area contributed by atoms with E-state index in [1.54, 1.807) is 0 Å². The van der Waals surface area contributed by atoms with E-state index in [2.05, 4.69) is 141 Å². The first-order chi connectivity index (χ1) is 21.2. The van der Waals surface area contributed by atoms with Gasteiger partial charge in [0.1, 0.15) is 11.5 Å². The third-order valence-electron chi connectivity index (χ3n) is 5.69. The average molecular weight is 785 g/mol. The number of aryl methyl sites for hydroxylation is 2. The third-order valence-corrected chi connectivity index (χ3v) is 10.9. The molecule has 9 nitrogen and oxygen atoms in total. The minimum absolute atomic E-state index is 0.162. The fourth-order valence-corrected chi connectivity index (χ4v) is 8.47. The van der Waals surface area contributed by atoms with Gasteiger partial charge in [0.2, 0.25) is 0 Å². The van der Waals surface area contributed by atoms with E-state index in [0.717, 1.165) is 11.5 Å². The first kappa shape index (κ1) is 36.7. The third kappa shape index (κ3) is 14.0. The molecule has 5 aromatic carbocycles. The van der Waals surface area contributed by atoms with Crippen molar-refractivity contribution >= 4 is 10.9 Å². The van der Waals surface area contributed by atoms with E-state index >= 15 is 0 Å². The van der Waals surface area contributed by atoms with Crippen LogP contribution in [0.4, 0.5) is 0 Å². The van der Waals surface area contributed by atoms with Crippen LogP contribution in [0, 0.1) is 41.5 Å². The molecule has 0 aliphatic rings. The lowest BCUT2D eigenvalue weighted by Crippen LogP contribution is -3.61. The lowest BCUT2D eigenvalue weighted by Gasteiger charge is -2.17. The summed E-state index contributed by atoms with van der Waals surface area (Å²) in [6.45, 7) is 4.41. The molecule has 0 fully saturated rings. The lowest BCUT2D eigenvalue weighted by molar-refractivity contribution is -2.00. The summed E-state index contributed by atoms with van der Waals surface area (Å²) >= 11 is -0.162. The first-order valence-corrected chi connectivity index (χ1v) is 18.7. The second-order valence-electron chi connectivity index (χ2n) is 9.01. The Morgan fingerprint density at radius 1 is 0.467 bits per heavy atom. The van der Waals surface area contributed by atoms with Crippen molar-refractivity contribution in [1.82, 2.24) is 0 Å². The largest absolute Gasteiger partial charge is 0.457 e. The molecule has 0 bridgehead atoms. The molecule has 13 heteroatoms. The molecule has 5 aromatic rings. The number of halogens is 3. The number of hydrogen-bond acceptors (Lipinski definition) is 9. The zero-order chi connectivity index (χ0) is 33.0. The highest BCUT2D eigenvalue weighted by Gasteiger charge is 2.31. The Morgan fingerprint density at radius 3 is 1.24 bits per heavy atom. The van der Waals surface area contributed by atoms with Gasteiger partial charge in [0, 0.05) is 11.1 Å². The Bertz CT molecular complexity index is 1540.